The molecule has 0 fully saturated rings. The van der Waals surface area contributed by atoms with Gasteiger partial charge in [0.15, 0.2) is 0 Å². The fourth-order valence-electron chi connectivity index (χ4n) is 6.13. The third-order valence-corrected chi connectivity index (χ3v) is 9.30. The lowest BCUT2D eigenvalue weighted by Crippen LogP contribution is -2.23. The molecule has 63 heavy (non-hydrogen) atoms. The number of alkyl halides is 1. The molecule has 0 aromatic heterocycles. The summed E-state index contributed by atoms with van der Waals surface area (Å²) in [4.78, 5) is 5.17. The molecule has 0 heterocycles. The Morgan fingerprint density at radius 1 is 0.762 bits per heavy atom. The third kappa shape index (κ3) is 19.7. The highest BCUT2D eigenvalue weighted by molar-refractivity contribution is 9.09. The zero-order chi connectivity index (χ0) is 47.4. The van der Waals surface area contributed by atoms with Gasteiger partial charge in [-0.05, 0) is 124 Å². The molecule has 0 saturated heterocycles. The molecule has 0 N–H and O–H groups in total. The van der Waals surface area contributed by atoms with Gasteiger partial charge in [-0.3, -0.25) is 0 Å². The lowest BCUT2D eigenvalue weighted by molar-refractivity contribution is 0.552. The van der Waals surface area contributed by atoms with Crippen LogP contribution < -0.4 is 4.90 Å². The van der Waals surface area contributed by atoms with Crippen molar-refractivity contribution in [1.29, 1.82) is 0 Å². The molecule has 1 aliphatic carbocycles. The van der Waals surface area contributed by atoms with Crippen molar-refractivity contribution < 1.29 is 0 Å². The number of para-hydroxylation sites is 1. The number of anilines is 2. The molecule has 3 aromatic carbocycles. The number of halogens is 1. The van der Waals surface area contributed by atoms with Crippen molar-refractivity contribution in [2.24, 2.45) is 5.92 Å². The maximum absolute atomic E-state index is 4.10. The molecule has 336 valence electrons. The van der Waals surface area contributed by atoms with E-state index in [4.69, 9.17) is 0 Å². The van der Waals surface area contributed by atoms with E-state index in [0.717, 1.165) is 51.2 Å². The number of nitrogens with zero attached hydrogens (tertiary/aromatic N) is 2. The monoisotopic (exact) mass is 907 g/mol. The van der Waals surface area contributed by atoms with E-state index in [2.05, 4.69) is 262 Å². The quantitative estimate of drug-likeness (QED) is 0.0958. The van der Waals surface area contributed by atoms with Crippen LogP contribution in [0.4, 0.5) is 11.4 Å². The first kappa shape index (κ1) is 55.6. The van der Waals surface area contributed by atoms with Crippen LogP contribution in [-0.4, -0.2) is 9.73 Å². The summed E-state index contributed by atoms with van der Waals surface area (Å²) < 4.78 is 0. The average molecular weight is 908 g/mol. The summed E-state index contributed by atoms with van der Waals surface area (Å²) in [6, 6.07) is 25.9. The van der Waals surface area contributed by atoms with Gasteiger partial charge in [-0.25, -0.2) is 0 Å². The van der Waals surface area contributed by atoms with Crippen molar-refractivity contribution in [3.63, 3.8) is 0 Å². The molecule has 0 amide bonds. The molecule has 4 rings (SSSR count). The molecule has 3 aromatic rings. The van der Waals surface area contributed by atoms with Crippen LogP contribution >= 0.6 is 15.9 Å². The molecule has 0 spiro atoms. The van der Waals surface area contributed by atoms with Crippen molar-refractivity contribution in [3.05, 3.63) is 222 Å². The van der Waals surface area contributed by atoms with Gasteiger partial charge >= 0.3 is 0 Å². The molecule has 0 aliphatic heterocycles. The third-order valence-electron chi connectivity index (χ3n) is 9.30. The second-order valence-corrected chi connectivity index (χ2v) is 18.4. The number of rotatable bonds is 13. The summed E-state index contributed by atoms with van der Waals surface area (Å²) in [7, 11) is 0. The van der Waals surface area contributed by atoms with Crippen LogP contribution in [0.2, 0.25) is 0 Å². The fraction of sp³-hybridized carbons (Fsp3) is 0.300. The minimum absolute atomic E-state index is 0.224. The molecule has 0 radical (unpaired) electrons. The summed E-state index contributed by atoms with van der Waals surface area (Å²) in [5, 5.41) is 0. The van der Waals surface area contributed by atoms with Gasteiger partial charge in [-0.15, -0.1) is 0 Å². The number of hydrogen-bond acceptors (Lipinski definition) is 2. The van der Waals surface area contributed by atoms with E-state index in [1.165, 1.54) is 23.1 Å². The van der Waals surface area contributed by atoms with E-state index in [9.17, 15) is 0 Å². The van der Waals surface area contributed by atoms with Crippen molar-refractivity contribution in [2.75, 3.05) is 4.90 Å². The lowest BCUT2D eigenvalue weighted by atomic mass is 9.75. The average Bonchev–Trinajstić information content (AvgIpc) is 3.29. The van der Waals surface area contributed by atoms with Gasteiger partial charge in [-0.1, -0.05) is 219 Å². The summed E-state index contributed by atoms with van der Waals surface area (Å²) in [5.41, 5.74) is 12.3. The van der Waals surface area contributed by atoms with Gasteiger partial charge < -0.3 is 9.80 Å². The van der Waals surface area contributed by atoms with E-state index < -0.39 is 0 Å². The van der Waals surface area contributed by atoms with E-state index in [1.807, 2.05) is 50.3 Å². The first-order valence-electron chi connectivity index (χ1n) is 22.6. The number of hydrogen-bond donors (Lipinski definition) is 0. The van der Waals surface area contributed by atoms with Gasteiger partial charge in [0.05, 0.1) is 0 Å². The predicted octanol–water partition coefficient (Wildman–Crippen LogP) is 19.1. The van der Waals surface area contributed by atoms with Gasteiger partial charge in [0.1, 0.15) is 0 Å². The Morgan fingerprint density at radius 3 is 1.84 bits per heavy atom. The molecule has 0 atom stereocenters. The molecular formula is C60H79BrN2. The Hall–Kier alpha value is -5.38. The van der Waals surface area contributed by atoms with Crippen LogP contribution in [0, 0.1) is 5.92 Å². The Kier molecular flexibility index (Phi) is 27.1. The van der Waals surface area contributed by atoms with Crippen LogP contribution in [0.25, 0.3) is 18.2 Å². The van der Waals surface area contributed by atoms with Gasteiger partial charge in [0.2, 0.25) is 0 Å². The normalized spacial score (nSPS) is 16.2. The molecule has 2 nitrogen and oxygen atoms in total. The highest BCUT2D eigenvalue weighted by Gasteiger charge is 2.27. The Morgan fingerprint density at radius 2 is 1.30 bits per heavy atom. The lowest BCUT2D eigenvalue weighted by Gasteiger charge is -2.32. The fourth-order valence-corrected chi connectivity index (χ4v) is 6.13. The first-order chi connectivity index (χ1) is 30.1. The zero-order valence-electron chi connectivity index (χ0n) is 41.3. The second kappa shape index (κ2) is 30.6. The molecule has 0 saturated carbocycles. The highest BCUT2D eigenvalue weighted by Crippen LogP contribution is 2.38. The van der Waals surface area contributed by atoms with Crippen LogP contribution in [0.3, 0.4) is 0 Å². The topological polar surface area (TPSA) is 6.48 Å². The van der Waals surface area contributed by atoms with E-state index in [0.29, 0.717) is 4.83 Å². The summed E-state index contributed by atoms with van der Waals surface area (Å²) in [5.74, 6) is 0.833. The van der Waals surface area contributed by atoms with Crippen LogP contribution in [0.5, 0.6) is 0 Å². The van der Waals surface area contributed by atoms with Crippen LogP contribution in [-0.2, 0) is 5.41 Å². The Bertz CT molecular complexity index is 2130. The van der Waals surface area contributed by atoms with Crippen molar-refractivity contribution in [2.45, 2.75) is 114 Å². The van der Waals surface area contributed by atoms with Crippen LogP contribution in [0.1, 0.15) is 126 Å². The van der Waals surface area contributed by atoms with Gasteiger partial charge in [-0.2, -0.15) is 0 Å². The molecule has 0 bridgehead atoms. The molecule has 1 aliphatic rings. The van der Waals surface area contributed by atoms with Crippen molar-refractivity contribution in [1.82, 2.24) is 4.90 Å². The minimum atomic E-state index is -0.224. The van der Waals surface area contributed by atoms with Crippen molar-refractivity contribution in [3.8, 4) is 0 Å². The maximum Gasteiger partial charge on any atom is 0.0462 e. The first-order valence-corrected chi connectivity index (χ1v) is 23.5. The number of allylic oxidation sites excluding steroid dienone is 16. The van der Waals surface area contributed by atoms with E-state index >= 15 is 0 Å². The largest absolute Gasteiger partial charge is 0.315 e. The van der Waals surface area contributed by atoms with Crippen LogP contribution in [0.15, 0.2) is 199 Å². The number of fused-ring (bicyclic) bond motifs is 1. The van der Waals surface area contributed by atoms with Crippen molar-refractivity contribution >= 4 is 45.5 Å². The standard InChI is InChI=1S/C50H54N2.C4H10.C3H7Br.C3H8/c1-10-15-22-40(7)51(44(13-4)24-16-11-2)48-28-21-23-43-34-31-42(38-49(43)50(8,9)39(6)37-48)30-29-41-32-35-47(36-33-41)52(45(14-5)25-17-12-3)46-26-19-18-20-27-46;1-4(2)3;1-3(2)4;1-3-2/h10-38H,2,5H2,1,3-4,6-9H3;4H,1-3H3;3H,1-2H3;3H2,1-2H3/b15-10-,17-12-,23-21+,24-16-,30-29+,39-37+,40-22+,44-13+,45-25+,48-28+;;;. The zero-order valence-corrected chi connectivity index (χ0v) is 42.9. The number of benzene rings is 3. The summed E-state index contributed by atoms with van der Waals surface area (Å²) in [6.07, 6.45) is 37.0. The molecular weight excluding hydrogens is 829 g/mol. The van der Waals surface area contributed by atoms with Gasteiger partial charge in [0, 0.05) is 44.4 Å². The Labute approximate surface area is 394 Å². The SMILES string of the molecule is C=C/C=C\C(=C/C)N(/C(C)=C/C=C\C)C1=C/C=C/c2ccc(/C=C/c3ccc(N(/C(C=C)=C/C=C\C)c4ccccc4)cc3)cc2C(C)(C)\C(C)=C\1.CC(C)Br.CC(C)C.CCC. The molecule has 0 unspecified atom stereocenters. The summed E-state index contributed by atoms with van der Waals surface area (Å²) in [6.45, 7) is 38.1. The molecule has 3 heteroatoms. The van der Waals surface area contributed by atoms with E-state index in [1.54, 1.807) is 0 Å². The highest BCUT2D eigenvalue weighted by atomic mass is 79.9. The van der Waals surface area contributed by atoms with E-state index in [-0.39, 0.29) is 5.41 Å². The minimum Gasteiger partial charge on any atom is -0.315 e. The van der Waals surface area contributed by atoms with Gasteiger partial charge in [0.25, 0.3) is 0 Å². The maximum atomic E-state index is 4.10. The Balaban J connectivity index is 0.00000162. The second-order valence-electron chi connectivity index (χ2n) is 16.6. The predicted molar refractivity (Wildman–Crippen MR) is 291 cm³/mol. The smallest absolute Gasteiger partial charge is 0.0462 e. The summed E-state index contributed by atoms with van der Waals surface area (Å²) >= 11 is 3.27.